The number of carbonyl (C=O) groups is 3. The van der Waals surface area contributed by atoms with Crippen LogP contribution in [0.2, 0.25) is 0 Å². The highest BCUT2D eigenvalue weighted by Crippen LogP contribution is 2.14. The molecule has 0 spiro atoms. The van der Waals surface area contributed by atoms with Crippen molar-refractivity contribution < 1.29 is 28.6 Å². The third-order valence-electron chi connectivity index (χ3n) is 10.9. The summed E-state index contributed by atoms with van der Waals surface area (Å²) in [6.45, 7) is 6.53. The summed E-state index contributed by atoms with van der Waals surface area (Å²) in [7, 11) is 0. The summed E-state index contributed by atoms with van der Waals surface area (Å²) in [5, 5.41) is 0. The molecule has 0 radical (unpaired) electrons. The van der Waals surface area contributed by atoms with E-state index in [1.54, 1.807) is 0 Å². The van der Waals surface area contributed by atoms with Gasteiger partial charge in [0, 0.05) is 19.3 Å². The predicted molar refractivity (Wildman–Crippen MR) is 265 cm³/mol. The van der Waals surface area contributed by atoms with Gasteiger partial charge in [0.05, 0.1) is 0 Å². The molecular formula is C56H96O6. The van der Waals surface area contributed by atoms with Gasteiger partial charge in [0.1, 0.15) is 13.2 Å². The summed E-state index contributed by atoms with van der Waals surface area (Å²) in [6.07, 6.45) is 63.1. The van der Waals surface area contributed by atoms with E-state index < -0.39 is 6.10 Å². The van der Waals surface area contributed by atoms with E-state index in [-0.39, 0.29) is 37.5 Å². The van der Waals surface area contributed by atoms with Gasteiger partial charge in [-0.25, -0.2) is 0 Å². The highest BCUT2D eigenvalue weighted by atomic mass is 16.6. The maximum absolute atomic E-state index is 12.8. The first kappa shape index (κ1) is 58.9. The maximum atomic E-state index is 12.8. The first-order chi connectivity index (χ1) is 30.5. The summed E-state index contributed by atoms with van der Waals surface area (Å²) in [4.78, 5) is 37.9. The van der Waals surface area contributed by atoms with E-state index in [4.69, 9.17) is 14.2 Å². The normalized spacial score (nSPS) is 12.6. The van der Waals surface area contributed by atoms with Gasteiger partial charge in [0.15, 0.2) is 6.10 Å². The van der Waals surface area contributed by atoms with Crippen LogP contribution in [-0.4, -0.2) is 37.2 Å². The van der Waals surface area contributed by atoms with E-state index in [0.717, 1.165) is 89.9 Å². The first-order valence-electron chi connectivity index (χ1n) is 25.9. The van der Waals surface area contributed by atoms with Crippen LogP contribution < -0.4 is 0 Å². The Morgan fingerprint density at radius 2 is 0.581 bits per heavy atom. The molecule has 0 aromatic rings. The number of unbranched alkanes of at least 4 members (excludes halogenated alkanes) is 23. The summed E-state index contributed by atoms with van der Waals surface area (Å²) in [5.74, 6) is -0.956. The smallest absolute Gasteiger partial charge is 0.306 e. The van der Waals surface area contributed by atoms with Crippen molar-refractivity contribution >= 4 is 17.9 Å². The van der Waals surface area contributed by atoms with Crippen molar-refractivity contribution in [2.75, 3.05) is 13.2 Å². The van der Waals surface area contributed by atoms with Crippen LogP contribution in [-0.2, 0) is 28.6 Å². The third-order valence-corrected chi connectivity index (χ3v) is 10.9. The molecular weight excluding hydrogens is 769 g/mol. The second kappa shape index (κ2) is 50.5. The van der Waals surface area contributed by atoms with Gasteiger partial charge >= 0.3 is 17.9 Å². The molecule has 0 rings (SSSR count). The van der Waals surface area contributed by atoms with Gasteiger partial charge in [-0.15, -0.1) is 0 Å². The van der Waals surface area contributed by atoms with E-state index in [0.29, 0.717) is 19.3 Å². The maximum Gasteiger partial charge on any atom is 0.306 e. The van der Waals surface area contributed by atoms with Crippen LogP contribution in [0.5, 0.6) is 0 Å². The highest BCUT2D eigenvalue weighted by molar-refractivity contribution is 5.71. The average molecular weight is 865 g/mol. The number of carbonyl (C=O) groups excluding carboxylic acids is 3. The van der Waals surface area contributed by atoms with Crippen LogP contribution >= 0.6 is 0 Å². The number of ether oxygens (including phenoxy) is 3. The largest absolute Gasteiger partial charge is 0.462 e. The van der Waals surface area contributed by atoms with E-state index >= 15 is 0 Å². The Kier molecular flexibility index (Phi) is 47.9. The van der Waals surface area contributed by atoms with Crippen molar-refractivity contribution in [3.63, 3.8) is 0 Å². The van der Waals surface area contributed by atoms with Crippen molar-refractivity contribution in [2.24, 2.45) is 0 Å². The van der Waals surface area contributed by atoms with Gasteiger partial charge < -0.3 is 14.2 Å². The number of hydrogen-bond acceptors (Lipinski definition) is 6. The van der Waals surface area contributed by atoms with Gasteiger partial charge in [-0.1, -0.05) is 203 Å². The van der Waals surface area contributed by atoms with Crippen LogP contribution in [0.1, 0.15) is 245 Å². The summed E-state index contributed by atoms with van der Waals surface area (Å²) in [5.41, 5.74) is 0. The predicted octanol–water partition coefficient (Wildman–Crippen LogP) is 17.0. The first-order valence-corrected chi connectivity index (χ1v) is 25.9. The fourth-order valence-corrected chi connectivity index (χ4v) is 6.98. The highest BCUT2D eigenvalue weighted by Gasteiger charge is 2.19. The van der Waals surface area contributed by atoms with Crippen LogP contribution in [0.4, 0.5) is 0 Å². The minimum absolute atomic E-state index is 0.0967. The van der Waals surface area contributed by atoms with Gasteiger partial charge in [-0.3, -0.25) is 14.4 Å². The Morgan fingerprint density at radius 1 is 0.323 bits per heavy atom. The van der Waals surface area contributed by atoms with Gasteiger partial charge in [0.2, 0.25) is 0 Å². The van der Waals surface area contributed by atoms with E-state index in [2.05, 4.69) is 93.7 Å². The molecule has 0 bridgehead atoms. The molecule has 0 aromatic carbocycles. The second-order valence-corrected chi connectivity index (χ2v) is 17.1. The second-order valence-electron chi connectivity index (χ2n) is 17.1. The SMILES string of the molecule is CCCCC/C=C\C/C=C\C/C=C\CCCCCCC(=O)OC[C@@H](COC(=O)CCCCCCCCCCCCCC)OC(=O)CCCC/C=C\C/C=C\C/C=C\CCCCC. The molecule has 0 saturated carbocycles. The molecule has 0 saturated heterocycles. The van der Waals surface area contributed by atoms with Crippen LogP contribution in [0.25, 0.3) is 0 Å². The lowest BCUT2D eigenvalue weighted by Gasteiger charge is -2.18. The number of allylic oxidation sites excluding steroid dienone is 12. The fraction of sp³-hybridized carbons (Fsp3) is 0.732. The Labute approximate surface area is 382 Å². The monoisotopic (exact) mass is 865 g/mol. The van der Waals surface area contributed by atoms with Crippen LogP contribution in [0.15, 0.2) is 72.9 Å². The van der Waals surface area contributed by atoms with E-state index in [9.17, 15) is 14.4 Å². The lowest BCUT2D eigenvalue weighted by molar-refractivity contribution is -0.167. The molecule has 6 heteroatoms. The van der Waals surface area contributed by atoms with Crippen molar-refractivity contribution in [1.29, 1.82) is 0 Å². The number of esters is 3. The lowest BCUT2D eigenvalue weighted by atomic mass is 10.0. The minimum Gasteiger partial charge on any atom is -0.462 e. The number of rotatable bonds is 46. The molecule has 1 atom stereocenters. The Bertz CT molecular complexity index is 1180. The van der Waals surface area contributed by atoms with E-state index in [1.165, 1.54) is 109 Å². The van der Waals surface area contributed by atoms with Crippen molar-refractivity contribution in [3.8, 4) is 0 Å². The molecule has 0 amide bonds. The molecule has 0 aliphatic rings. The van der Waals surface area contributed by atoms with Crippen molar-refractivity contribution in [1.82, 2.24) is 0 Å². The zero-order chi connectivity index (χ0) is 45.1. The zero-order valence-corrected chi connectivity index (χ0v) is 40.6. The summed E-state index contributed by atoms with van der Waals surface area (Å²) >= 11 is 0. The van der Waals surface area contributed by atoms with Crippen LogP contribution in [0.3, 0.4) is 0 Å². The molecule has 62 heavy (non-hydrogen) atoms. The third kappa shape index (κ3) is 47.9. The average Bonchev–Trinajstić information content (AvgIpc) is 3.27. The molecule has 0 aliphatic carbocycles. The van der Waals surface area contributed by atoms with E-state index in [1.807, 2.05) is 0 Å². The topological polar surface area (TPSA) is 78.9 Å². The molecule has 356 valence electrons. The summed E-state index contributed by atoms with van der Waals surface area (Å²) < 4.78 is 16.7. The number of hydrogen-bond donors (Lipinski definition) is 0. The quantitative estimate of drug-likeness (QED) is 0.0262. The fourth-order valence-electron chi connectivity index (χ4n) is 6.98. The van der Waals surface area contributed by atoms with Crippen molar-refractivity contribution in [2.45, 2.75) is 252 Å². The standard InChI is InChI=1S/C56H96O6/c1-4-7-10-13-16-19-22-25-27-28-30-31-34-37-40-43-46-49-55(58)61-52-53(51-60-54(57)48-45-42-39-36-33-24-21-18-15-12-9-6-3)62-56(59)50-47-44-41-38-35-32-29-26-23-20-17-14-11-8-5-2/h16-17,19-20,25-27,29-31,35,38,53H,4-15,18,21-24,28,32-34,36-37,39-52H2,1-3H3/b19-16-,20-17-,27-25-,29-26-,31-30-,38-35-/t53-/m1/s1. The molecule has 0 heterocycles. The Hall–Kier alpha value is -3.15. The summed E-state index contributed by atoms with van der Waals surface area (Å²) in [6, 6.07) is 0. The van der Waals surface area contributed by atoms with Gasteiger partial charge in [-0.05, 0) is 96.3 Å². The van der Waals surface area contributed by atoms with Crippen molar-refractivity contribution in [3.05, 3.63) is 72.9 Å². The Morgan fingerprint density at radius 3 is 0.968 bits per heavy atom. The molecule has 0 N–H and O–H groups in total. The molecule has 0 aromatic heterocycles. The molecule has 6 nitrogen and oxygen atoms in total. The zero-order valence-electron chi connectivity index (χ0n) is 40.6. The van der Waals surface area contributed by atoms with Gasteiger partial charge in [-0.2, -0.15) is 0 Å². The molecule has 0 fully saturated rings. The van der Waals surface area contributed by atoms with Gasteiger partial charge in [0.25, 0.3) is 0 Å². The minimum atomic E-state index is -0.802. The lowest BCUT2D eigenvalue weighted by Crippen LogP contribution is -2.30. The molecule has 0 aliphatic heterocycles. The molecule has 0 unspecified atom stereocenters. The Balaban J connectivity index is 4.48. The van der Waals surface area contributed by atoms with Crippen LogP contribution in [0, 0.1) is 0 Å².